The van der Waals surface area contributed by atoms with E-state index in [1.165, 1.54) is 6.92 Å². The average Bonchev–Trinajstić information content (AvgIpc) is 2.18. The van der Waals surface area contributed by atoms with E-state index in [9.17, 15) is 9.59 Å². The number of ether oxygens (including phenoxy) is 1. The predicted octanol–water partition coefficient (Wildman–Crippen LogP) is 0.959. The molecule has 0 aliphatic carbocycles. The quantitative estimate of drug-likeness (QED) is 0.483. The molecule has 2 saturated heterocycles. The van der Waals surface area contributed by atoms with Gasteiger partial charge in [-0.25, -0.2) is 0 Å². The molecule has 0 bridgehead atoms. The Morgan fingerprint density at radius 1 is 1.64 bits per heavy atom. The zero-order chi connectivity index (χ0) is 10.5. The molecular formula is C9H13NO3S. The summed E-state index contributed by atoms with van der Waals surface area (Å²) in [6.45, 7) is 5.37. The summed E-state index contributed by atoms with van der Waals surface area (Å²) >= 11 is 1.70. The zero-order valence-corrected chi connectivity index (χ0v) is 9.26. The van der Waals surface area contributed by atoms with Crippen LogP contribution in [0.25, 0.3) is 0 Å². The van der Waals surface area contributed by atoms with E-state index in [4.69, 9.17) is 4.74 Å². The van der Waals surface area contributed by atoms with E-state index in [1.807, 2.05) is 13.8 Å². The van der Waals surface area contributed by atoms with Gasteiger partial charge in [0.2, 0.25) is 5.91 Å². The minimum absolute atomic E-state index is 0.0827. The summed E-state index contributed by atoms with van der Waals surface area (Å²) in [5, 5.41) is 0.210. The molecule has 0 aromatic carbocycles. The summed E-state index contributed by atoms with van der Waals surface area (Å²) in [5.74, 6) is -0.247. The van der Waals surface area contributed by atoms with Gasteiger partial charge in [-0.05, 0) is 13.8 Å². The number of thioether (sulfide) groups is 1. The molecule has 0 aromatic heterocycles. The number of carbonyl (C=O) groups excluding carboxylic acids is 2. The fraction of sp³-hybridized carbons (Fsp3) is 0.778. The minimum atomic E-state index is -0.392. The fourth-order valence-corrected chi connectivity index (χ4v) is 3.43. The molecule has 2 atom stereocenters. The number of rotatable bonds is 1. The SMILES string of the molecule is CC(=O)OC1N2C(=O)C[C@H]2SC1(C)C. The van der Waals surface area contributed by atoms with E-state index in [0.717, 1.165) is 0 Å². The predicted molar refractivity (Wildman–Crippen MR) is 52.5 cm³/mol. The number of esters is 1. The Morgan fingerprint density at radius 3 is 2.79 bits per heavy atom. The van der Waals surface area contributed by atoms with Gasteiger partial charge in [0.05, 0.1) is 16.5 Å². The lowest BCUT2D eigenvalue weighted by atomic mass is 10.1. The van der Waals surface area contributed by atoms with Gasteiger partial charge < -0.3 is 4.74 Å². The van der Waals surface area contributed by atoms with Crippen molar-refractivity contribution in [3.63, 3.8) is 0 Å². The monoisotopic (exact) mass is 215 g/mol. The second-order valence-corrected chi connectivity index (χ2v) is 5.97. The van der Waals surface area contributed by atoms with Gasteiger partial charge in [-0.2, -0.15) is 0 Å². The van der Waals surface area contributed by atoms with E-state index >= 15 is 0 Å². The van der Waals surface area contributed by atoms with Crippen LogP contribution in [-0.2, 0) is 14.3 Å². The van der Waals surface area contributed by atoms with Crippen LogP contribution in [0, 0.1) is 0 Å². The number of amides is 1. The maximum absolute atomic E-state index is 11.3. The standard InChI is InChI=1S/C9H13NO3S/c1-5(11)13-8-9(2,3)14-7-4-6(12)10(7)8/h7-8H,4H2,1-3H3/t7-,8?/m1/s1. The maximum atomic E-state index is 11.3. The van der Waals surface area contributed by atoms with Crippen molar-refractivity contribution in [1.29, 1.82) is 0 Å². The van der Waals surface area contributed by atoms with Gasteiger partial charge in [-0.15, -0.1) is 11.8 Å². The van der Waals surface area contributed by atoms with Crippen LogP contribution in [0.4, 0.5) is 0 Å². The lowest BCUT2D eigenvalue weighted by Crippen LogP contribution is -2.55. The number of hydrogen-bond donors (Lipinski definition) is 0. The molecule has 14 heavy (non-hydrogen) atoms. The van der Waals surface area contributed by atoms with Crippen molar-refractivity contribution in [3.8, 4) is 0 Å². The maximum Gasteiger partial charge on any atom is 0.304 e. The largest absolute Gasteiger partial charge is 0.440 e. The van der Waals surface area contributed by atoms with Crippen LogP contribution in [0.5, 0.6) is 0 Å². The molecule has 2 aliphatic heterocycles. The third-order valence-corrected chi connectivity index (χ3v) is 3.99. The van der Waals surface area contributed by atoms with Crippen molar-refractivity contribution in [2.75, 3.05) is 0 Å². The molecule has 1 amide bonds. The molecule has 0 N–H and O–H groups in total. The van der Waals surface area contributed by atoms with Crippen molar-refractivity contribution in [2.24, 2.45) is 0 Å². The first-order chi connectivity index (χ1) is 6.42. The molecule has 2 heterocycles. The molecule has 0 radical (unpaired) electrons. The van der Waals surface area contributed by atoms with E-state index in [2.05, 4.69) is 0 Å². The molecule has 2 rings (SSSR count). The van der Waals surface area contributed by atoms with E-state index < -0.39 is 6.23 Å². The highest BCUT2D eigenvalue weighted by Gasteiger charge is 2.57. The first-order valence-electron chi connectivity index (χ1n) is 4.58. The summed E-state index contributed by atoms with van der Waals surface area (Å²) in [5.41, 5.74) is 0. The third-order valence-electron chi connectivity index (χ3n) is 2.51. The molecule has 0 saturated carbocycles. The Morgan fingerprint density at radius 2 is 2.29 bits per heavy atom. The van der Waals surface area contributed by atoms with Gasteiger partial charge >= 0.3 is 5.97 Å². The number of β-lactam (4-membered cyclic amide) rings is 1. The lowest BCUT2D eigenvalue weighted by molar-refractivity contribution is -0.172. The smallest absolute Gasteiger partial charge is 0.304 e. The first-order valence-corrected chi connectivity index (χ1v) is 5.46. The first kappa shape index (κ1) is 9.83. The molecule has 2 fully saturated rings. The topological polar surface area (TPSA) is 46.6 Å². The van der Waals surface area contributed by atoms with E-state index in [1.54, 1.807) is 16.7 Å². The Hall–Kier alpha value is -0.710. The van der Waals surface area contributed by atoms with E-state index in [0.29, 0.717) is 6.42 Å². The van der Waals surface area contributed by atoms with Crippen molar-refractivity contribution < 1.29 is 14.3 Å². The summed E-state index contributed by atoms with van der Waals surface area (Å²) in [4.78, 5) is 23.9. The van der Waals surface area contributed by atoms with Gasteiger partial charge in [0, 0.05) is 6.92 Å². The van der Waals surface area contributed by atoms with Gasteiger partial charge in [0.1, 0.15) is 0 Å². The van der Waals surface area contributed by atoms with Gasteiger partial charge in [-0.1, -0.05) is 0 Å². The van der Waals surface area contributed by atoms with Crippen molar-refractivity contribution in [1.82, 2.24) is 4.90 Å². The molecule has 2 aliphatic rings. The van der Waals surface area contributed by atoms with Crippen molar-refractivity contribution in [3.05, 3.63) is 0 Å². The molecular weight excluding hydrogens is 202 g/mol. The van der Waals surface area contributed by atoms with Crippen LogP contribution >= 0.6 is 11.8 Å². The number of carbonyl (C=O) groups is 2. The van der Waals surface area contributed by atoms with Crippen LogP contribution < -0.4 is 0 Å². The summed E-state index contributed by atoms with van der Waals surface area (Å²) in [7, 11) is 0. The lowest BCUT2D eigenvalue weighted by Gasteiger charge is -2.37. The Kier molecular flexibility index (Phi) is 2.03. The van der Waals surface area contributed by atoms with Crippen LogP contribution in [0.3, 0.4) is 0 Å². The van der Waals surface area contributed by atoms with Crippen molar-refractivity contribution in [2.45, 2.75) is 43.5 Å². The van der Waals surface area contributed by atoms with Crippen LogP contribution in [0.2, 0.25) is 0 Å². The van der Waals surface area contributed by atoms with Gasteiger partial charge in [-0.3, -0.25) is 14.5 Å². The Labute approximate surface area is 87.0 Å². The number of nitrogens with zero attached hydrogens (tertiary/aromatic N) is 1. The minimum Gasteiger partial charge on any atom is -0.440 e. The fourth-order valence-electron chi connectivity index (χ4n) is 1.88. The van der Waals surface area contributed by atoms with E-state index in [-0.39, 0.29) is 22.0 Å². The third kappa shape index (κ3) is 1.30. The van der Waals surface area contributed by atoms with Crippen molar-refractivity contribution >= 4 is 23.6 Å². The Balaban J connectivity index is 2.18. The van der Waals surface area contributed by atoms with Crippen LogP contribution in [0.1, 0.15) is 27.2 Å². The Bertz CT molecular complexity index is 302. The normalized spacial score (nSPS) is 33.6. The van der Waals surface area contributed by atoms with Gasteiger partial charge in [0.15, 0.2) is 6.23 Å². The number of hydrogen-bond acceptors (Lipinski definition) is 4. The molecule has 4 nitrogen and oxygen atoms in total. The van der Waals surface area contributed by atoms with Crippen LogP contribution in [-0.4, -0.2) is 33.1 Å². The summed E-state index contributed by atoms with van der Waals surface area (Å²) in [6.07, 6.45) is 0.183. The number of fused-ring (bicyclic) bond motifs is 1. The second kappa shape index (κ2) is 2.89. The van der Waals surface area contributed by atoms with Crippen LogP contribution in [0.15, 0.2) is 0 Å². The molecule has 78 valence electrons. The highest BCUT2D eigenvalue weighted by Crippen LogP contribution is 2.50. The zero-order valence-electron chi connectivity index (χ0n) is 8.44. The summed E-state index contributed by atoms with van der Waals surface area (Å²) in [6, 6.07) is 0. The molecule has 0 aromatic rings. The highest BCUT2D eigenvalue weighted by atomic mass is 32.2. The molecule has 1 unspecified atom stereocenters. The van der Waals surface area contributed by atoms with Gasteiger partial charge in [0.25, 0.3) is 0 Å². The molecule has 0 spiro atoms. The second-order valence-electron chi connectivity index (χ2n) is 4.14. The average molecular weight is 215 g/mol. The summed E-state index contributed by atoms with van der Waals surface area (Å²) < 4.78 is 4.98. The highest BCUT2D eigenvalue weighted by molar-refractivity contribution is 8.01. The molecule has 5 heteroatoms.